The molecule has 4 aromatic rings. The summed E-state index contributed by atoms with van der Waals surface area (Å²) in [5.41, 5.74) is 3.63. The molecule has 2 aliphatic heterocycles. The number of likely N-dealkylation sites (tertiary alicyclic amines) is 1. The maximum absolute atomic E-state index is 14.0. The Balaban J connectivity index is 1.08. The lowest BCUT2D eigenvalue weighted by molar-refractivity contribution is -0.128. The first-order valence-electron chi connectivity index (χ1n) is 16.0. The molecular weight excluding hydrogens is 637 g/mol. The maximum atomic E-state index is 14.0. The van der Waals surface area contributed by atoms with E-state index in [1.807, 2.05) is 66.7 Å². The molecule has 47 heavy (non-hydrogen) atoms. The Morgan fingerprint density at radius 3 is 2.28 bits per heavy atom. The van der Waals surface area contributed by atoms with Crippen LogP contribution in [0, 0.1) is 0 Å². The Morgan fingerprint density at radius 2 is 1.60 bits per heavy atom. The zero-order chi connectivity index (χ0) is 32.9. The number of nitrogens with zero attached hydrogens (tertiary/aromatic N) is 4. The molecule has 3 aromatic carbocycles. The zero-order valence-corrected chi connectivity index (χ0v) is 28.3. The van der Waals surface area contributed by atoms with E-state index in [1.165, 1.54) is 0 Å². The monoisotopic (exact) mass is 677 g/mol. The second-order valence-electron chi connectivity index (χ2n) is 12.2. The van der Waals surface area contributed by atoms with Crippen molar-refractivity contribution in [3.8, 4) is 11.5 Å². The summed E-state index contributed by atoms with van der Waals surface area (Å²) in [7, 11) is 3.28. The van der Waals surface area contributed by atoms with Gasteiger partial charge in [0, 0.05) is 69.1 Å². The van der Waals surface area contributed by atoms with Crippen LogP contribution in [0.25, 0.3) is 10.9 Å². The normalized spacial score (nSPS) is 17.8. The van der Waals surface area contributed by atoms with Gasteiger partial charge in [-0.2, -0.15) is 0 Å². The standard InChI is InChI=1S/C36H41Cl2N5O4/c1-46-27-6-3-24(4-7-27)35(43-19-17-42(18-20-43)26-5-9-31(37)32(38)21-26)36(45)40-25-12-15-41(16-13-25)23-34(44)29-11-14-39-33-10-8-28(47-2)22-30(29)33/h3-11,14,21-22,25,34-35,44H,12-13,15-20,23H2,1-2H3,(H,40,45)/t34-,35?/m0/s1. The van der Waals surface area contributed by atoms with Gasteiger partial charge in [0.25, 0.3) is 0 Å². The van der Waals surface area contributed by atoms with Gasteiger partial charge in [0.1, 0.15) is 17.5 Å². The minimum absolute atomic E-state index is 0.00819. The van der Waals surface area contributed by atoms with Crippen LogP contribution < -0.4 is 19.7 Å². The van der Waals surface area contributed by atoms with E-state index in [2.05, 4.69) is 25.0 Å². The number of halogens is 2. The molecule has 0 saturated carbocycles. The fourth-order valence-corrected chi connectivity index (χ4v) is 6.97. The summed E-state index contributed by atoms with van der Waals surface area (Å²) in [6.45, 7) is 5.03. The first-order valence-corrected chi connectivity index (χ1v) is 16.8. The predicted octanol–water partition coefficient (Wildman–Crippen LogP) is 5.74. The van der Waals surface area contributed by atoms with Gasteiger partial charge < -0.3 is 29.7 Å². The summed E-state index contributed by atoms with van der Waals surface area (Å²) < 4.78 is 10.8. The first kappa shape index (κ1) is 33.3. The van der Waals surface area contributed by atoms with Gasteiger partial charge in [-0.1, -0.05) is 35.3 Å². The minimum Gasteiger partial charge on any atom is -0.497 e. The van der Waals surface area contributed by atoms with E-state index >= 15 is 0 Å². The second kappa shape index (κ2) is 15.1. The van der Waals surface area contributed by atoms with E-state index in [-0.39, 0.29) is 11.9 Å². The Morgan fingerprint density at radius 1 is 0.894 bits per heavy atom. The Kier molecular flexibility index (Phi) is 10.7. The van der Waals surface area contributed by atoms with E-state index in [1.54, 1.807) is 20.4 Å². The number of carbonyl (C=O) groups excluding carboxylic acids is 1. The molecule has 0 spiro atoms. The number of anilines is 1. The van der Waals surface area contributed by atoms with Crippen molar-refractivity contribution in [3.05, 3.63) is 94.1 Å². The minimum atomic E-state index is -0.666. The summed E-state index contributed by atoms with van der Waals surface area (Å²) >= 11 is 12.4. The van der Waals surface area contributed by atoms with Gasteiger partial charge in [-0.3, -0.25) is 14.7 Å². The Hall–Kier alpha value is -3.60. The molecular formula is C36H41Cl2N5O4. The number of pyridine rings is 1. The lowest BCUT2D eigenvalue weighted by Crippen LogP contribution is -2.53. The molecule has 2 atom stereocenters. The van der Waals surface area contributed by atoms with Crippen molar-refractivity contribution in [2.24, 2.45) is 0 Å². The number of carbonyl (C=O) groups is 1. The van der Waals surface area contributed by atoms with Crippen molar-refractivity contribution >= 4 is 45.7 Å². The number of amides is 1. The van der Waals surface area contributed by atoms with Gasteiger partial charge in [-0.25, -0.2) is 0 Å². The Bertz CT molecular complexity index is 1670. The molecule has 1 aromatic heterocycles. The number of rotatable bonds is 10. The lowest BCUT2D eigenvalue weighted by atomic mass is 9.99. The van der Waals surface area contributed by atoms with Crippen LogP contribution in [0.4, 0.5) is 5.69 Å². The third-order valence-electron chi connectivity index (χ3n) is 9.33. The Labute approximate surface area is 286 Å². The topological polar surface area (TPSA) is 90.4 Å². The fourth-order valence-electron chi connectivity index (χ4n) is 6.68. The molecule has 3 heterocycles. The van der Waals surface area contributed by atoms with Crippen LogP contribution in [0.15, 0.2) is 72.9 Å². The van der Waals surface area contributed by atoms with Gasteiger partial charge in [0.2, 0.25) is 5.91 Å². The summed E-state index contributed by atoms with van der Waals surface area (Å²) in [5, 5.41) is 16.6. The summed E-state index contributed by atoms with van der Waals surface area (Å²) in [5.74, 6) is 1.50. The molecule has 9 nitrogen and oxygen atoms in total. The van der Waals surface area contributed by atoms with E-state index in [4.69, 9.17) is 32.7 Å². The third kappa shape index (κ3) is 7.77. The van der Waals surface area contributed by atoms with Crippen LogP contribution >= 0.6 is 23.2 Å². The largest absolute Gasteiger partial charge is 0.497 e. The molecule has 0 aliphatic carbocycles. The van der Waals surface area contributed by atoms with E-state index < -0.39 is 12.1 Å². The summed E-state index contributed by atoms with van der Waals surface area (Å²) in [6, 6.07) is 20.7. The SMILES string of the molecule is COc1ccc(C(C(=O)NC2CCN(C[C@H](O)c3ccnc4ccc(OC)cc34)CC2)N2CCN(c3ccc(Cl)c(Cl)c3)CC2)cc1. The van der Waals surface area contributed by atoms with Crippen LogP contribution in [-0.2, 0) is 4.79 Å². The van der Waals surface area contributed by atoms with Crippen molar-refractivity contribution < 1.29 is 19.4 Å². The molecule has 0 radical (unpaired) electrons. The van der Waals surface area contributed by atoms with E-state index in [0.717, 1.165) is 91.3 Å². The van der Waals surface area contributed by atoms with Gasteiger partial charge in [0.05, 0.1) is 35.9 Å². The number of aromatic nitrogens is 1. The number of piperidine rings is 1. The number of hydrogen-bond acceptors (Lipinski definition) is 8. The molecule has 2 N–H and O–H groups in total. The van der Waals surface area contributed by atoms with Crippen molar-refractivity contribution in [1.82, 2.24) is 20.1 Å². The lowest BCUT2D eigenvalue weighted by Gasteiger charge is -2.40. The highest BCUT2D eigenvalue weighted by atomic mass is 35.5. The van der Waals surface area contributed by atoms with E-state index in [9.17, 15) is 9.90 Å². The molecule has 248 valence electrons. The van der Waals surface area contributed by atoms with Gasteiger partial charge in [-0.15, -0.1) is 0 Å². The smallest absolute Gasteiger partial charge is 0.242 e. The highest BCUT2D eigenvalue weighted by Gasteiger charge is 2.33. The molecule has 1 unspecified atom stereocenters. The van der Waals surface area contributed by atoms with Crippen LogP contribution in [0.2, 0.25) is 10.0 Å². The number of methoxy groups -OCH3 is 2. The van der Waals surface area contributed by atoms with Crippen molar-refractivity contribution in [1.29, 1.82) is 0 Å². The number of aliphatic hydroxyl groups excluding tert-OH is 1. The van der Waals surface area contributed by atoms with Gasteiger partial charge in [-0.05, 0) is 78.6 Å². The number of ether oxygens (including phenoxy) is 2. The number of fused-ring (bicyclic) bond motifs is 1. The number of hydrogen-bond donors (Lipinski definition) is 2. The molecule has 2 aliphatic rings. The highest BCUT2D eigenvalue weighted by molar-refractivity contribution is 6.42. The van der Waals surface area contributed by atoms with E-state index in [0.29, 0.717) is 16.6 Å². The molecule has 2 fully saturated rings. The number of nitrogens with one attached hydrogen (secondary N) is 1. The maximum Gasteiger partial charge on any atom is 0.242 e. The van der Waals surface area contributed by atoms with Gasteiger partial charge in [0.15, 0.2) is 0 Å². The number of aliphatic hydroxyl groups is 1. The quantitative estimate of drug-likeness (QED) is 0.220. The van der Waals surface area contributed by atoms with Crippen LogP contribution in [0.1, 0.15) is 36.1 Å². The van der Waals surface area contributed by atoms with Crippen molar-refractivity contribution in [3.63, 3.8) is 0 Å². The number of piperazine rings is 1. The second-order valence-corrected chi connectivity index (χ2v) is 13.0. The zero-order valence-electron chi connectivity index (χ0n) is 26.7. The van der Waals surface area contributed by atoms with Crippen molar-refractivity contribution in [2.45, 2.75) is 31.0 Å². The molecule has 0 bridgehead atoms. The molecule has 2 saturated heterocycles. The average Bonchev–Trinajstić information content (AvgIpc) is 3.10. The highest BCUT2D eigenvalue weighted by Crippen LogP contribution is 2.31. The molecule has 6 rings (SSSR count). The average molecular weight is 679 g/mol. The first-order chi connectivity index (χ1) is 22.8. The molecule has 11 heteroatoms. The summed E-state index contributed by atoms with van der Waals surface area (Å²) in [6.07, 6.45) is 2.69. The molecule has 1 amide bonds. The van der Waals surface area contributed by atoms with Crippen LogP contribution in [-0.4, -0.2) is 91.9 Å². The van der Waals surface area contributed by atoms with Crippen LogP contribution in [0.3, 0.4) is 0 Å². The van der Waals surface area contributed by atoms with Crippen molar-refractivity contribution in [2.75, 3.05) is 64.9 Å². The number of benzene rings is 3. The fraction of sp³-hybridized carbons (Fsp3) is 0.389. The van der Waals surface area contributed by atoms with Crippen LogP contribution in [0.5, 0.6) is 11.5 Å². The summed E-state index contributed by atoms with van der Waals surface area (Å²) in [4.78, 5) is 25.3. The third-order valence-corrected chi connectivity index (χ3v) is 10.1. The predicted molar refractivity (Wildman–Crippen MR) is 187 cm³/mol. The van der Waals surface area contributed by atoms with Gasteiger partial charge >= 0.3 is 0 Å². The number of β-amino-alcohol motifs (C(OH)–C–C–N with tert-alkyl or cyclic N) is 1.